The van der Waals surface area contributed by atoms with Crippen LogP contribution < -0.4 is 5.32 Å². The highest BCUT2D eigenvalue weighted by Gasteiger charge is 2.41. The molecule has 2 atom stereocenters. The van der Waals surface area contributed by atoms with E-state index in [-0.39, 0.29) is 18.0 Å². The van der Waals surface area contributed by atoms with Crippen molar-refractivity contribution in [3.63, 3.8) is 0 Å². The van der Waals surface area contributed by atoms with Crippen molar-refractivity contribution in [1.29, 1.82) is 5.26 Å². The molecule has 16 heavy (non-hydrogen) atoms. The number of nitrogens with zero attached hydrogens (tertiary/aromatic N) is 1. The van der Waals surface area contributed by atoms with Crippen LogP contribution in [0.3, 0.4) is 0 Å². The molecule has 0 amide bonds. The molecule has 1 aliphatic rings. The lowest BCUT2D eigenvalue weighted by atomic mass is 9.87. The predicted octanol–water partition coefficient (Wildman–Crippen LogP) is 2.86. The molecule has 92 valence electrons. The van der Waals surface area contributed by atoms with Gasteiger partial charge in [0, 0.05) is 12.6 Å². The molecule has 0 saturated heterocycles. The average Bonchev–Trinajstić information content (AvgIpc) is 2.44. The van der Waals surface area contributed by atoms with E-state index in [0.29, 0.717) is 0 Å². The molecule has 0 aromatic carbocycles. The molecule has 1 fully saturated rings. The highest BCUT2D eigenvalue weighted by Crippen LogP contribution is 2.37. The van der Waals surface area contributed by atoms with Crippen molar-refractivity contribution in [2.45, 2.75) is 45.3 Å². The standard InChI is InChI=1S/C11H17F3N2/c1-10(2)5-3-4-9(10)16-7-8(6-15)11(12,13)14/h8-9,16H,3-5,7H2,1-2H3. The van der Waals surface area contributed by atoms with Crippen LogP contribution in [0.15, 0.2) is 0 Å². The minimum atomic E-state index is -4.43. The molecule has 1 rings (SSSR count). The summed E-state index contributed by atoms with van der Waals surface area (Å²) in [5, 5.41) is 11.3. The number of nitriles is 1. The van der Waals surface area contributed by atoms with Crippen molar-refractivity contribution in [3.05, 3.63) is 0 Å². The van der Waals surface area contributed by atoms with Crippen LogP contribution in [0, 0.1) is 22.7 Å². The fraction of sp³-hybridized carbons (Fsp3) is 0.909. The molecule has 0 aromatic heterocycles. The molecule has 2 nitrogen and oxygen atoms in total. The van der Waals surface area contributed by atoms with E-state index in [9.17, 15) is 13.2 Å². The maximum Gasteiger partial charge on any atom is 0.405 e. The highest BCUT2D eigenvalue weighted by molar-refractivity contribution is 4.95. The largest absolute Gasteiger partial charge is 0.405 e. The van der Waals surface area contributed by atoms with Crippen LogP contribution in [0.4, 0.5) is 13.2 Å². The first kappa shape index (κ1) is 13.3. The second-order valence-corrected chi connectivity index (χ2v) is 5.06. The maximum atomic E-state index is 12.3. The van der Waals surface area contributed by atoms with Crippen molar-refractivity contribution in [2.24, 2.45) is 11.3 Å². The number of alkyl halides is 3. The predicted molar refractivity (Wildman–Crippen MR) is 54.6 cm³/mol. The summed E-state index contributed by atoms with van der Waals surface area (Å²) in [7, 11) is 0. The van der Waals surface area contributed by atoms with Gasteiger partial charge in [-0.25, -0.2) is 0 Å². The summed E-state index contributed by atoms with van der Waals surface area (Å²) in [4.78, 5) is 0. The van der Waals surface area contributed by atoms with Gasteiger partial charge < -0.3 is 5.32 Å². The summed E-state index contributed by atoms with van der Waals surface area (Å²) < 4.78 is 37.0. The summed E-state index contributed by atoms with van der Waals surface area (Å²) in [6.45, 7) is 3.80. The Bertz CT molecular complexity index is 278. The van der Waals surface area contributed by atoms with Gasteiger partial charge in [0.15, 0.2) is 5.92 Å². The fourth-order valence-electron chi connectivity index (χ4n) is 2.20. The van der Waals surface area contributed by atoms with E-state index in [0.717, 1.165) is 19.3 Å². The molecule has 1 saturated carbocycles. The zero-order valence-electron chi connectivity index (χ0n) is 9.56. The SMILES string of the molecule is CC1(C)CCCC1NCC(C#N)C(F)(F)F. The second-order valence-electron chi connectivity index (χ2n) is 5.06. The minimum absolute atomic E-state index is 0.0333. The van der Waals surface area contributed by atoms with Crippen LogP contribution in [-0.2, 0) is 0 Å². The molecule has 2 unspecified atom stereocenters. The van der Waals surface area contributed by atoms with Gasteiger partial charge >= 0.3 is 6.18 Å². The van der Waals surface area contributed by atoms with Crippen LogP contribution in [-0.4, -0.2) is 18.8 Å². The molecule has 1 N–H and O–H groups in total. The van der Waals surface area contributed by atoms with Gasteiger partial charge in [-0.3, -0.25) is 0 Å². The number of hydrogen-bond acceptors (Lipinski definition) is 2. The second kappa shape index (κ2) is 4.62. The van der Waals surface area contributed by atoms with Gasteiger partial charge in [0.1, 0.15) is 0 Å². The Balaban J connectivity index is 2.48. The van der Waals surface area contributed by atoms with Gasteiger partial charge in [0.25, 0.3) is 0 Å². The van der Waals surface area contributed by atoms with E-state index in [1.165, 1.54) is 6.07 Å². The maximum absolute atomic E-state index is 12.3. The van der Waals surface area contributed by atoms with E-state index < -0.39 is 12.1 Å². The van der Waals surface area contributed by atoms with E-state index in [1.54, 1.807) is 0 Å². The van der Waals surface area contributed by atoms with Gasteiger partial charge in [0.05, 0.1) is 6.07 Å². The summed E-state index contributed by atoms with van der Waals surface area (Å²) in [5.74, 6) is -1.90. The normalized spacial score (nSPS) is 26.4. The summed E-state index contributed by atoms with van der Waals surface area (Å²) >= 11 is 0. The number of halogens is 3. The van der Waals surface area contributed by atoms with Crippen LogP contribution in [0.25, 0.3) is 0 Å². The Kier molecular flexibility index (Phi) is 3.84. The Morgan fingerprint density at radius 3 is 2.50 bits per heavy atom. The quantitative estimate of drug-likeness (QED) is 0.815. The third-order valence-electron chi connectivity index (χ3n) is 3.38. The molecule has 0 bridgehead atoms. The Hall–Kier alpha value is -0.760. The molecule has 0 radical (unpaired) electrons. The van der Waals surface area contributed by atoms with Crippen LogP contribution in [0.5, 0.6) is 0 Å². The monoisotopic (exact) mass is 234 g/mol. The number of nitrogens with one attached hydrogen (secondary N) is 1. The highest BCUT2D eigenvalue weighted by atomic mass is 19.4. The van der Waals surface area contributed by atoms with Crippen molar-refractivity contribution in [2.75, 3.05) is 6.54 Å². The molecule has 0 aromatic rings. The zero-order valence-corrected chi connectivity index (χ0v) is 9.56. The van der Waals surface area contributed by atoms with Crippen molar-refractivity contribution in [1.82, 2.24) is 5.32 Å². The van der Waals surface area contributed by atoms with E-state index in [1.807, 2.05) is 13.8 Å². The number of rotatable bonds is 3. The van der Waals surface area contributed by atoms with Crippen molar-refractivity contribution >= 4 is 0 Å². The van der Waals surface area contributed by atoms with E-state index >= 15 is 0 Å². The molecule has 5 heteroatoms. The molecule has 0 spiro atoms. The third kappa shape index (κ3) is 3.11. The Labute approximate surface area is 93.8 Å². The zero-order chi connectivity index (χ0) is 12.4. The summed E-state index contributed by atoms with van der Waals surface area (Å²) in [6.07, 6.45) is -1.48. The van der Waals surface area contributed by atoms with Gasteiger partial charge in [-0.2, -0.15) is 18.4 Å². The lowest BCUT2D eigenvalue weighted by Gasteiger charge is -2.29. The fourth-order valence-corrected chi connectivity index (χ4v) is 2.20. The molecule has 1 aliphatic carbocycles. The van der Waals surface area contributed by atoms with E-state index in [2.05, 4.69) is 5.32 Å². The van der Waals surface area contributed by atoms with Gasteiger partial charge in [0.2, 0.25) is 0 Å². The molecule has 0 heterocycles. The van der Waals surface area contributed by atoms with Crippen molar-refractivity contribution in [3.8, 4) is 6.07 Å². The van der Waals surface area contributed by atoms with Gasteiger partial charge in [-0.1, -0.05) is 20.3 Å². The smallest absolute Gasteiger partial charge is 0.312 e. The van der Waals surface area contributed by atoms with Gasteiger partial charge in [-0.15, -0.1) is 0 Å². The van der Waals surface area contributed by atoms with Crippen LogP contribution in [0.1, 0.15) is 33.1 Å². The Morgan fingerprint density at radius 1 is 1.50 bits per heavy atom. The number of hydrogen-bond donors (Lipinski definition) is 1. The third-order valence-corrected chi connectivity index (χ3v) is 3.38. The van der Waals surface area contributed by atoms with Crippen LogP contribution in [0.2, 0.25) is 0 Å². The first-order valence-corrected chi connectivity index (χ1v) is 5.47. The Morgan fingerprint density at radius 2 is 2.12 bits per heavy atom. The van der Waals surface area contributed by atoms with E-state index in [4.69, 9.17) is 5.26 Å². The molecular formula is C11H17F3N2. The van der Waals surface area contributed by atoms with Crippen molar-refractivity contribution < 1.29 is 13.2 Å². The molecule has 0 aliphatic heterocycles. The average molecular weight is 234 g/mol. The van der Waals surface area contributed by atoms with Crippen LogP contribution >= 0.6 is 0 Å². The summed E-state index contributed by atoms with van der Waals surface area (Å²) in [5.41, 5.74) is 0.0333. The van der Waals surface area contributed by atoms with Gasteiger partial charge in [-0.05, 0) is 18.3 Å². The molecular weight excluding hydrogens is 217 g/mol. The first-order chi connectivity index (χ1) is 7.27. The first-order valence-electron chi connectivity index (χ1n) is 5.47. The lowest BCUT2D eigenvalue weighted by Crippen LogP contribution is -2.42. The topological polar surface area (TPSA) is 35.8 Å². The summed E-state index contributed by atoms with van der Waals surface area (Å²) in [6, 6.07) is 1.39. The minimum Gasteiger partial charge on any atom is -0.312 e. The lowest BCUT2D eigenvalue weighted by molar-refractivity contribution is -0.158.